The van der Waals surface area contributed by atoms with E-state index >= 15 is 0 Å². The van der Waals surface area contributed by atoms with E-state index < -0.39 is 34.4 Å². The first-order valence-corrected chi connectivity index (χ1v) is 14.4. The Morgan fingerprint density at radius 3 is 1.59 bits per heavy atom. The van der Waals surface area contributed by atoms with Crippen LogP contribution in [0.4, 0.5) is 22.7 Å². The van der Waals surface area contributed by atoms with Gasteiger partial charge in [-0.3, -0.25) is 19.7 Å². The summed E-state index contributed by atoms with van der Waals surface area (Å²) in [5.41, 5.74) is 6.74. The van der Waals surface area contributed by atoms with E-state index in [9.17, 15) is 29.3 Å². The minimum Gasteiger partial charge on any atom is -0.462 e. The SMILES string of the molecule is CCOC(=O)c1ccccc1NC(=O)c1ccc(Cl)cc1N.CCOC(=O)c1ccccc1NC(=O)c1ccc(Cl)cc1[N+](=O)[O-]. The van der Waals surface area contributed by atoms with Crippen molar-refractivity contribution >= 4 is 69.7 Å². The van der Waals surface area contributed by atoms with Gasteiger partial charge in [-0.1, -0.05) is 47.5 Å². The van der Waals surface area contributed by atoms with E-state index in [4.69, 9.17) is 38.4 Å². The Labute approximate surface area is 273 Å². The molecule has 0 heterocycles. The third-order valence-corrected chi connectivity index (χ3v) is 6.47. The van der Waals surface area contributed by atoms with Crippen molar-refractivity contribution in [3.05, 3.63) is 127 Å². The summed E-state index contributed by atoms with van der Waals surface area (Å²) in [5, 5.41) is 16.8. The maximum absolute atomic E-state index is 12.4. The number of nitro benzene ring substituents is 1. The zero-order valence-corrected chi connectivity index (χ0v) is 26.1. The van der Waals surface area contributed by atoms with E-state index in [0.717, 1.165) is 6.07 Å². The van der Waals surface area contributed by atoms with Gasteiger partial charge in [0, 0.05) is 21.8 Å². The van der Waals surface area contributed by atoms with E-state index in [-0.39, 0.29) is 51.9 Å². The van der Waals surface area contributed by atoms with Gasteiger partial charge in [0.05, 0.1) is 46.2 Å². The second-order valence-electron chi connectivity index (χ2n) is 9.09. The third-order valence-electron chi connectivity index (χ3n) is 6.00. The van der Waals surface area contributed by atoms with Crippen LogP contribution in [-0.4, -0.2) is 41.9 Å². The highest BCUT2D eigenvalue weighted by atomic mass is 35.5. The molecule has 0 atom stereocenters. The summed E-state index contributed by atoms with van der Waals surface area (Å²) in [6.45, 7) is 3.82. The fraction of sp³-hybridized carbons (Fsp3) is 0.125. The number of nitro groups is 1. The van der Waals surface area contributed by atoms with Crippen molar-refractivity contribution in [2.24, 2.45) is 0 Å². The van der Waals surface area contributed by atoms with Crippen molar-refractivity contribution in [3.63, 3.8) is 0 Å². The number of nitrogens with one attached hydrogen (secondary N) is 2. The van der Waals surface area contributed by atoms with Gasteiger partial charge in [0.1, 0.15) is 5.56 Å². The number of amides is 2. The lowest BCUT2D eigenvalue weighted by atomic mass is 10.1. The normalized spacial score (nSPS) is 10.1. The minimum atomic E-state index is -0.727. The van der Waals surface area contributed by atoms with Crippen molar-refractivity contribution in [1.29, 1.82) is 0 Å². The Morgan fingerprint density at radius 1 is 0.696 bits per heavy atom. The molecule has 2 amide bonds. The topological polar surface area (TPSA) is 180 Å². The van der Waals surface area contributed by atoms with Crippen LogP contribution in [0, 0.1) is 10.1 Å². The molecule has 0 fully saturated rings. The van der Waals surface area contributed by atoms with Crippen molar-refractivity contribution in [3.8, 4) is 0 Å². The number of carbonyl (C=O) groups is 4. The first kappa shape index (κ1) is 35.0. The van der Waals surface area contributed by atoms with Gasteiger partial charge in [-0.2, -0.15) is 0 Å². The average Bonchev–Trinajstić information content (AvgIpc) is 3.02. The van der Waals surface area contributed by atoms with Gasteiger partial charge in [-0.25, -0.2) is 9.59 Å². The maximum Gasteiger partial charge on any atom is 0.340 e. The summed E-state index contributed by atoms with van der Waals surface area (Å²) in [5.74, 6) is -2.25. The van der Waals surface area contributed by atoms with Gasteiger partial charge in [-0.15, -0.1) is 0 Å². The number of nitrogens with zero attached hydrogens (tertiary/aromatic N) is 1. The Bertz CT molecular complexity index is 1780. The lowest BCUT2D eigenvalue weighted by Crippen LogP contribution is -2.17. The number of halogens is 2. The maximum atomic E-state index is 12.4. The fourth-order valence-electron chi connectivity index (χ4n) is 3.93. The molecule has 4 N–H and O–H groups in total. The van der Waals surface area contributed by atoms with E-state index in [1.807, 2.05) is 0 Å². The lowest BCUT2D eigenvalue weighted by Gasteiger charge is -2.11. The van der Waals surface area contributed by atoms with Gasteiger partial charge in [-0.05, 0) is 68.4 Å². The predicted octanol–water partition coefficient (Wildman–Crippen LogP) is 7.03. The highest BCUT2D eigenvalue weighted by Gasteiger charge is 2.22. The lowest BCUT2D eigenvalue weighted by molar-refractivity contribution is -0.385. The van der Waals surface area contributed by atoms with Crippen LogP contribution in [0.3, 0.4) is 0 Å². The van der Waals surface area contributed by atoms with Gasteiger partial charge in [0.15, 0.2) is 0 Å². The van der Waals surface area contributed by atoms with Crippen molar-refractivity contribution < 1.29 is 33.6 Å². The number of carbonyl (C=O) groups excluding carboxylic acids is 4. The molecule has 46 heavy (non-hydrogen) atoms. The number of hydrogen-bond acceptors (Lipinski definition) is 9. The molecular weight excluding hydrogens is 639 g/mol. The molecule has 0 unspecified atom stereocenters. The number of nitrogen functional groups attached to an aromatic ring is 1. The molecule has 0 radical (unpaired) electrons. The van der Waals surface area contributed by atoms with Crippen LogP contribution in [0.2, 0.25) is 10.0 Å². The first-order chi connectivity index (χ1) is 22.0. The number of para-hydroxylation sites is 2. The van der Waals surface area contributed by atoms with Crippen LogP contribution in [0.25, 0.3) is 0 Å². The summed E-state index contributed by atoms with van der Waals surface area (Å²) in [4.78, 5) is 58.8. The molecule has 0 bridgehead atoms. The van der Waals surface area contributed by atoms with Gasteiger partial charge < -0.3 is 25.8 Å². The molecule has 238 valence electrons. The third kappa shape index (κ3) is 9.27. The first-order valence-electron chi connectivity index (χ1n) is 13.6. The summed E-state index contributed by atoms with van der Waals surface area (Å²) in [6.07, 6.45) is 0. The smallest absolute Gasteiger partial charge is 0.340 e. The van der Waals surface area contributed by atoms with Gasteiger partial charge in [0.2, 0.25) is 0 Å². The summed E-state index contributed by atoms with van der Waals surface area (Å²) in [7, 11) is 0. The monoisotopic (exact) mass is 666 g/mol. The van der Waals surface area contributed by atoms with Crippen molar-refractivity contribution in [2.75, 3.05) is 29.6 Å². The highest BCUT2D eigenvalue weighted by molar-refractivity contribution is 6.31. The molecule has 4 aromatic rings. The molecule has 12 nitrogen and oxygen atoms in total. The molecule has 0 saturated carbocycles. The molecule has 0 aromatic heterocycles. The van der Waals surface area contributed by atoms with Crippen LogP contribution in [0.5, 0.6) is 0 Å². The standard InChI is InChI=1S/C16H13ClN2O5.C16H15ClN2O3/c1-2-24-16(21)11-5-3-4-6-13(11)18-15(20)12-8-7-10(17)9-14(12)19(22)23;1-2-22-16(21)12-5-3-4-6-14(12)19-15(20)11-8-7-10(17)9-13(11)18/h3-9H,2H2,1H3,(H,18,20);3-9H,2,18H2,1H3,(H,19,20). The molecule has 0 aliphatic rings. The Hall–Kier alpha value is -5.46. The predicted molar refractivity (Wildman–Crippen MR) is 175 cm³/mol. The van der Waals surface area contributed by atoms with E-state index in [1.54, 1.807) is 56.3 Å². The van der Waals surface area contributed by atoms with Crippen LogP contribution in [-0.2, 0) is 9.47 Å². The van der Waals surface area contributed by atoms with Crippen LogP contribution < -0.4 is 16.4 Å². The Balaban J connectivity index is 0.000000251. The second-order valence-corrected chi connectivity index (χ2v) is 9.96. The number of benzene rings is 4. The largest absolute Gasteiger partial charge is 0.462 e. The number of ether oxygens (including phenoxy) is 2. The molecule has 0 spiro atoms. The number of esters is 2. The average molecular weight is 668 g/mol. The quantitative estimate of drug-likeness (QED) is 0.0731. The molecule has 0 aliphatic heterocycles. The number of hydrogen-bond donors (Lipinski definition) is 3. The molecule has 0 saturated heterocycles. The van der Waals surface area contributed by atoms with Crippen LogP contribution in [0.15, 0.2) is 84.9 Å². The summed E-state index contributed by atoms with van der Waals surface area (Å²) < 4.78 is 9.88. The minimum absolute atomic E-state index is 0.144. The second kappa shape index (κ2) is 16.6. The van der Waals surface area contributed by atoms with Crippen molar-refractivity contribution in [1.82, 2.24) is 0 Å². The summed E-state index contributed by atoms with van der Waals surface area (Å²) >= 11 is 11.5. The van der Waals surface area contributed by atoms with Gasteiger partial charge in [0.25, 0.3) is 17.5 Å². The zero-order chi connectivity index (χ0) is 33.8. The zero-order valence-electron chi connectivity index (χ0n) is 24.5. The number of rotatable bonds is 9. The van der Waals surface area contributed by atoms with Crippen LogP contribution >= 0.6 is 23.2 Å². The summed E-state index contributed by atoms with van der Waals surface area (Å²) in [6, 6.07) is 21.2. The molecule has 4 rings (SSSR count). The van der Waals surface area contributed by atoms with Crippen LogP contribution in [0.1, 0.15) is 55.3 Å². The Morgan fingerprint density at radius 2 is 1.13 bits per heavy atom. The van der Waals surface area contributed by atoms with Crippen molar-refractivity contribution in [2.45, 2.75) is 13.8 Å². The number of nitrogens with two attached hydrogens (primary N) is 1. The van der Waals surface area contributed by atoms with E-state index in [0.29, 0.717) is 10.7 Å². The van der Waals surface area contributed by atoms with Gasteiger partial charge >= 0.3 is 11.9 Å². The number of anilines is 3. The molecule has 4 aromatic carbocycles. The fourth-order valence-corrected chi connectivity index (χ4v) is 4.27. The molecular formula is C32H28Cl2N4O8. The Kier molecular flexibility index (Phi) is 12.6. The molecule has 0 aliphatic carbocycles. The van der Waals surface area contributed by atoms with E-state index in [1.165, 1.54) is 36.4 Å². The van der Waals surface area contributed by atoms with E-state index in [2.05, 4.69) is 10.6 Å². The highest BCUT2D eigenvalue weighted by Crippen LogP contribution is 2.26. The molecule has 14 heteroatoms.